The summed E-state index contributed by atoms with van der Waals surface area (Å²) in [5.74, 6) is -0.516. The van der Waals surface area contributed by atoms with Gasteiger partial charge < -0.3 is 10.6 Å². The number of nitrogens with one attached hydrogen (secondary N) is 2. The molecule has 1 aliphatic heterocycles. The zero-order valence-electron chi connectivity index (χ0n) is 19.7. The highest BCUT2D eigenvalue weighted by atomic mass is 35.5. The maximum absolute atomic E-state index is 11.9. The van der Waals surface area contributed by atoms with E-state index in [1.807, 2.05) is 12.1 Å². The average molecular weight is 539 g/mol. The minimum Gasteiger partial charge on any atom is -0.377 e. The first-order valence-corrected chi connectivity index (χ1v) is 13.0. The molecule has 2 aliphatic rings. The van der Waals surface area contributed by atoms with Crippen molar-refractivity contribution in [2.75, 3.05) is 10.6 Å². The number of carbonyl (C=O) groups is 1. The molecule has 1 saturated carbocycles. The number of benzene rings is 3. The Bertz CT molecular complexity index is 1400. The van der Waals surface area contributed by atoms with Crippen LogP contribution in [0, 0.1) is 26.1 Å². The third-order valence-corrected chi connectivity index (χ3v) is 9.06. The van der Waals surface area contributed by atoms with Crippen molar-refractivity contribution < 1.29 is 14.6 Å². The highest BCUT2D eigenvalue weighted by Crippen LogP contribution is 2.59. The molecule has 9 nitrogen and oxygen atoms in total. The van der Waals surface area contributed by atoms with E-state index in [1.165, 1.54) is 30.8 Å². The van der Waals surface area contributed by atoms with Gasteiger partial charge in [0, 0.05) is 41.6 Å². The lowest BCUT2D eigenvalue weighted by molar-refractivity contribution is -0.387. The summed E-state index contributed by atoms with van der Waals surface area (Å²) in [6, 6.07) is 18.4. The number of hydrogen-bond donors (Lipinski definition) is 2. The molecule has 0 spiro atoms. The van der Waals surface area contributed by atoms with Gasteiger partial charge in [-0.15, -0.1) is 23.4 Å². The summed E-state index contributed by atoms with van der Waals surface area (Å²) >= 11 is 8.51. The first-order chi connectivity index (χ1) is 17.7. The standard InChI is InChI=1S/C26H23ClN4O5S/c1-14(32)28-15-10-11-19-17(12-15)24-18(26(29-19)16-6-2-3-7-20(16)30(33)34)13-23(25(24)27)37-22-9-5-4-8-21(22)31(35)36/h2-12,18,23-26,29H,13H2,1H3,(H,28,32)/t18-,23-,24+,25-,26-/m1/s1. The van der Waals surface area contributed by atoms with Gasteiger partial charge in [0.05, 0.1) is 31.7 Å². The monoisotopic (exact) mass is 538 g/mol. The van der Waals surface area contributed by atoms with E-state index in [0.29, 0.717) is 22.6 Å². The molecule has 11 heteroatoms. The molecule has 5 rings (SSSR count). The fourth-order valence-electron chi connectivity index (χ4n) is 5.49. The van der Waals surface area contributed by atoms with Crippen molar-refractivity contribution in [2.24, 2.45) is 5.92 Å². The van der Waals surface area contributed by atoms with Gasteiger partial charge in [-0.2, -0.15) is 0 Å². The molecule has 0 bridgehead atoms. The lowest BCUT2D eigenvalue weighted by atomic mass is 9.76. The molecule has 0 aromatic heterocycles. The van der Waals surface area contributed by atoms with E-state index in [1.54, 1.807) is 42.5 Å². The number of fused-ring (bicyclic) bond motifs is 3. The molecule has 1 amide bonds. The first-order valence-electron chi connectivity index (χ1n) is 11.7. The largest absolute Gasteiger partial charge is 0.377 e. The van der Waals surface area contributed by atoms with E-state index in [2.05, 4.69) is 10.6 Å². The van der Waals surface area contributed by atoms with Crippen LogP contribution in [-0.4, -0.2) is 26.4 Å². The Morgan fingerprint density at radius 2 is 1.68 bits per heavy atom. The second-order valence-electron chi connectivity index (χ2n) is 9.17. The minimum absolute atomic E-state index is 0.0213. The van der Waals surface area contributed by atoms with Crippen LogP contribution in [-0.2, 0) is 4.79 Å². The number of para-hydroxylation sites is 2. The van der Waals surface area contributed by atoms with Crippen molar-refractivity contribution in [3.05, 3.63) is 98.1 Å². The third kappa shape index (κ3) is 4.74. The number of hydrogen-bond acceptors (Lipinski definition) is 7. The SMILES string of the molecule is CC(=O)Nc1ccc2c(c1)[C@@H]1[C@H](Cl)[C@H](Sc3ccccc3[N+](=O)[O-])C[C@H]1[C@@H](c1ccccc1[N+](=O)[O-])N2. The van der Waals surface area contributed by atoms with E-state index in [4.69, 9.17) is 11.6 Å². The number of amides is 1. The van der Waals surface area contributed by atoms with Crippen molar-refractivity contribution in [2.45, 2.75) is 40.8 Å². The van der Waals surface area contributed by atoms with Gasteiger partial charge >= 0.3 is 0 Å². The fourth-order valence-corrected chi connectivity index (χ4v) is 7.44. The number of anilines is 2. The Kier molecular flexibility index (Phi) is 6.78. The Morgan fingerprint density at radius 1 is 1.00 bits per heavy atom. The lowest BCUT2D eigenvalue weighted by Crippen LogP contribution is -2.31. The molecule has 2 N–H and O–H groups in total. The molecule has 0 unspecified atom stereocenters. The molecule has 0 radical (unpaired) electrons. The molecule has 37 heavy (non-hydrogen) atoms. The molecule has 3 aromatic rings. The quantitative estimate of drug-likeness (QED) is 0.208. The van der Waals surface area contributed by atoms with Crippen LogP contribution < -0.4 is 10.6 Å². The molecule has 1 fully saturated rings. The van der Waals surface area contributed by atoms with Gasteiger partial charge in [-0.1, -0.05) is 30.3 Å². The highest BCUT2D eigenvalue weighted by molar-refractivity contribution is 8.00. The molecule has 3 aromatic carbocycles. The molecule has 5 atom stereocenters. The predicted molar refractivity (Wildman–Crippen MR) is 143 cm³/mol. The van der Waals surface area contributed by atoms with E-state index in [0.717, 1.165) is 11.3 Å². The van der Waals surface area contributed by atoms with Crippen molar-refractivity contribution in [1.29, 1.82) is 0 Å². The fraction of sp³-hybridized carbons (Fsp3) is 0.269. The van der Waals surface area contributed by atoms with Crippen molar-refractivity contribution >= 4 is 52.0 Å². The van der Waals surface area contributed by atoms with Gasteiger partial charge in [0.2, 0.25) is 5.91 Å². The summed E-state index contributed by atoms with van der Waals surface area (Å²) in [6.07, 6.45) is 0.586. The number of alkyl halides is 1. The molecule has 190 valence electrons. The van der Waals surface area contributed by atoms with Gasteiger partial charge in [-0.3, -0.25) is 25.0 Å². The summed E-state index contributed by atoms with van der Waals surface area (Å²) < 4.78 is 0. The summed E-state index contributed by atoms with van der Waals surface area (Å²) in [5, 5.41) is 29.2. The predicted octanol–water partition coefficient (Wildman–Crippen LogP) is 6.50. The molecule has 0 saturated heterocycles. The van der Waals surface area contributed by atoms with Crippen LogP contribution in [0.15, 0.2) is 71.6 Å². The van der Waals surface area contributed by atoms with Gasteiger partial charge in [0.25, 0.3) is 11.4 Å². The summed E-state index contributed by atoms with van der Waals surface area (Å²) in [7, 11) is 0. The van der Waals surface area contributed by atoms with Crippen molar-refractivity contribution in [3.8, 4) is 0 Å². The van der Waals surface area contributed by atoms with Gasteiger partial charge in [0.15, 0.2) is 0 Å². The maximum atomic E-state index is 11.9. The van der Waals surface area contributed by atoms with E-state index >= 15 is 0 Å². The Labute approximate surface area is 221 Å². The molecule has 1 heterocycles. The summed E-state index contributed by atoms with van der Waals surface area (Å²) in [6.45, 7) is 1.43. The van der Waals surface area contributed by atoms with Crippen LogP contribution in [0.2, 0.25) is 0 Å². The average Bonchev–Trinajstić information content (AvgIpc) is 3.19. The van der Waals surface area contributed by atoms with Crippen LogP contribution in [0.1, 0.15) is 36.4 Å². The topological polar surface area (TPSA) is 127 Å². The van der Waals surface area contributed by atoms with Crippen LogP contribution in [0.3, 0.4) is 0 Å². The lowest BCUT2D eigenvalue weighted by Gasteiger charge is -2.38. The van der Waals surface area contributed by atoms with Crippen molar-refractivity contribution in [3.63, 3.8) is 0 Å². The normalized spacial score (nSPS) is 23.9. The van der Waals surface area contributed by atoms with E-state index in [9.17, 15) is 25.0 Å². The molecular weight excluding hydrogens is 516 g/mol. The highest BCUT2D eigenvalue weighted by Gasteiger charge is 2.51. The van der Waals surface area contributed by atoms with Gasteiger partial charge in [-0.25, -0.2) is 0 Å². The number of nitro benzene ring substituents is 2. The van der Waals surface area contributed by atoms with Gasteiger partial charge in [-0.05, 0) is 42.2 Å². The van der Waals surface area contributed by atoms with Gasteiger partial charge in [0.1, 0.15) is 0 Å². The smallest absolute Gasteiger partial charge is 0.282 e. The minimum atomic E-state index is -0.409. The zero-order chi connectivity index (χ0) is 26.3. The number of nitrogens with zero attached hydrogens (tertiary/aromatic N) is 2. The molecule has 1 aliphatic carbocycles. The van der Waals surface area contributed by atoms with Crippen LogP contribution >= 0.6 is 23.4 Å². The Balaban J connectivity index is 1.58. The third-order valence-electron chi connectivity index (χ3n) is 6.94. The van der Waals surface area contributed by atoms with Crippen molar-refractivity contribution in [1.82, 2.24) is 0 Å². The van der Waals surface area contributed by atoms with E-state index in [-0.39, 0.29) is 45.3 Å². The van der Waals surface area contributed by atoms with Crippen LogP contribution in [0.25, 0.3) is 0 Å². The zero-order valence-corrected chi connectivity index (χ0v) is 21.2. The Morgan fingerprint density at radius 3 is 2.38 bits per heavy atom. The first kappa shape index (κ1) is 25.0. The maximum Gasteiger partial charge on any atom is 0.282 e. The van der Waals surface area contributed by atoms with Crippen LogP contribution in [0.5, 0.6) is 0 Å². The number of thioether (sulfide) groups is 1. The second kappa shape index (κ2) is 10.0. The Hall–Kier alpha value is -3.63. The van der Waals surface area contributed by atoms with Crippen LogP contribution in [0.4, 0.5) is 22.7 Å². The number of carbonyl (C=O) groups excluding carboxylic acids is 1. The summed E-state index contributed by atoms with van der Waals surface area (Å²) in [5.41, 5.74) is 2.96. The second-order valence-corrected chi connectivity index (χ2v) is 11.0. The number of rotatable bonds is 6. The molecular formula is C26H23ClN4O5S. The summed E-state index contributed by atoms with van der Waals surface area (Å²) in [4.78, 5) is 34.9. The number of nitro groups is 2. The van der Waals surface area contributed by atoms with E-state index < -0.39 is 10.3 Å². The number of halogens is 1.